The van der Waals surface area contributed by atoms with Crippen LogP contribution in [0.2, 0.25) is 0 Å². The summed E-state index contributed by atoms with van der Waals surface area (Å²) in [6, 6.07) is 21.2. The molecule has 274 valence electrons. The molecule has 0 saturated heterocycles. The van der Waals surface area contributed by atoms with Crippen molar-refractivity contribution in [3.8, 4) is 0 Å². The number of benzene rings is 3. The van der Waals surface area contributed by atoms with Gasteiger partial charge in [0.2, 0.25) is 0 Å². The molecule has 2 heterocycles. The first-order valence-corrected chi connectivity index (χ1v) is 20.9. The highest BCUT2D eigenvalue weighted by molar-refractivity contribution is 8.03. The Morgan fingerprint density at radius 3 is 2.06 bits per heavy atom. The number of fused-ring (bicyclic) bond motifs is 2. The minimum Gasteiger partial charge on any atom is -0.378 e. The van der Waals surface area contributed by atoms with Gasteiger partial charge in [-0.3, -0.25) is 0 Å². The van der Waals surface area contributed by atoms with Crippen molar-refractivity contribution in [2.45, 2.75) is 103 Å². The molecule has 2 aliphatic heterocycles. The molecule has 1 unspecified atom stereocenters. The molecular formula is C48H61N2S2+. The van der Waals surface area contributed by atoms with Crippen molar-refractivity contribution in [2.75, 3.05) is 38.0 Å². The van der Waals surface area contributed by atoms with Crippen LogP contribution in [-0.4, -0.2) is 33.4 Å². The van der Waals surface area contributed by atoms with E-state index in [9.17, 15) is 0 Å². The fourth-order valence-corrected chi connectivity index (χ4v) is 10.4. The lowest BCUT2D eigenvalue weighted by Crippen LogP contribution is -2.29. The lowest BCUT2D eigenvalue weighted by molar-refractivity contribution is 0.431. The van der Waals surface area contributed by atoms with Crippen LogP contribution in [0, 0.1) is 24.7 Å². The van der Waals surface area contributed by atoms with Gasteiger partial charge in [0.1, 0.15) is 5.25 Å². The second-order valence-electron chi connectivity index (χ2n) is 17.7. The number of thioether (sulfide) groups is 1. The summed E-state index contributed by atoms with van der Waals surface area (Å²) < 4.78 is 0. The van der Waals surface area contributed by atoms with E-state index in [1.165, 1.54) is 94.4 Å². The highest BCUT2D eigenvalue weighted by Gasteiger charge is 2.36. The van der Waals surface area contributed by atoms with Crippen molar-refractivity contribution >= 4 is 51.6 Å². The van der Waals surface area contributed by atoms with Crippen molar-refractivity contribution in [3.05, 3.63) is 123 Å². The quantitative estimate of drug-likeness (QED) is 0.177. The van der Waals surface area contributed by atoms with Crippen LogP contribution in [0.15, 0.2) is 105 Å². The Bertz CT molecular complexity index is 1980. The number of aryl methyl sites for hydroxylation is 2. The normalized spacial score (nSPS) is 19.3. The van der Waals surface area contributed by atoms with Crippen molar-refractivity contribution in [2.24, 2.45) is 10.8 Å². The Balaban J connectivity index is 1.44. The number of rotatable bonds is 7. The molecule has 0 amide bonds. The Hall–Kier alpha value is -3.34. The van der Waals surface area contributed by atoms with Gasteiger partial charge in [0.05, 0.1) is 0 Å². The highest BCUT2D eigenvalue weighted by atomic mass is 32.2. The molecule has 0 N–H and O–H groups in total. The maximum Gasteiger partial charge on any atom is 0.162 e. The van der Waals surface area contributed by atoms with Gasteiger partial charge in [-0.2, -0.15) is 0 Å². The zero-order valence-electron chi connectivity index (χ0n) is 33.9. The molecule has 1 aliphatic carbocycles. The number of thiol groups is 1. The van der Waals surface area contributed by atoms with Gasteiger partial charge in [0, 0.05) is 73.3 Å². The second-order valence-corrected chi connectivity index (χ2v) is 20.1. The third-order valence-corrected chi connectivity index (χ3v) is 14.0. The first kappa shape index (κ1) is 38.4. The van der Waals surface area contributed by atoms with E-state index in [1.807, 2.05) is 11.8 Å². The van der Waals surface area contributed by atoms with Gasteiger partial charge in [0.25, 0.3) is 0 Å². The van der Waals surface area contributed by atoms with Crippen LogP contribution < -0.4 is 9.80 Å². The highest BCUT2D eigenvalue weighted by Crippen LogP contribution is 2.49. The third-order valence-electron chi connectivity index (χ3n) is 10.7. The Morgan fingerprint density at radius 1 is 0.769 bits per heavy atom. The molecule has 3 aliphatic rings. The fraction of sp³-hybridized carbons (Fsp3) is 0.417. The summed E-state index contributed by atoms with van der Waals surface area (Å²) in [4.78, 5) is 8.69. The SMILES string of the molecule is Cc1cc(C)cc(C2=C(CCC3=CC(C(C)(C)C)[SH+]c4cc(N(C)C)ccc43)CCC/C2=C\C=C2/C=C(C(C)(C)C)Sc3cc(N(C)C)ccc32)c1. The van der Waals surface area contributed by atoms with Crippen molar-refractivity contribution in [3.63, 3.8) is 0 Å². The van der Waals surface area contributed by atoms with Crippen LogP contribution in [0.3, 0.4) is 0 Å². The zero-order valence-corrected chi connectivity index (χ0v) is 35.6. The first-order valence-electron chi connectivity index (χ1n) is 19.1. The molecule has 3 aromatic rings. The number of anilines is 2. The Kier molecular flexibility index (Phi) is 11.2. The van der Waals surface area contributed by atoms with Gasteiger partial charge in [-0.25, -0.2) is 0 Å². The maximum absolute atomic E-state index is 2.62. The van der Waals surface area contributed by atoms with E-state index < -0.39 is 0 Å². The molecule has 1 atom stereocenters. The minimum absolute atomic E-state index is 0.0802. The maximum atomic E-state index is 2.62. The average Bonchev–Trinajstić information content (AvgIpc) is 3.07. The number of allylic oxidation sites excluding steroid dienone is 9. The van der Waals surface area contributed by atoms with E-state index in [-0.39, 0.29) is 10.8 Å². The van der Waals surface area contributed by atoms with Gasteiger partial charge in [-0.1, -0.05) is 106 Å². The molecule has 0 saturated carbocycles. The minimum atomic E-state index is 0.0802. The number of nitrogens with zero attached hydrogens (tertiary/aromatic N) is 2. The van der Waals surface area contributed by atoms with Gasteiger partial charge in [-0.05, 0) is 126 Å². The Labute approximate surface area is 324 Å². The van der Waals surface area contributed by atoms with Gasteiger partial charge in [0.15, 0.2) is 4.90 Å². The molecular weight excluding hydrogens is 669 g/mol. The lowest BCUT2D eigenvalue weighted by atomic mass is 9.79. The van der Waals surface area contributed by atoms with Crippen LogP contribution in [0.25, 0.3) is 16.7 Å². The Morgan fingerprint density at radius 2 is 1.42 bits per heavy atom. The summed E-state index contributed by atoms with van der Waals surface area (Å²) in [5.41, 5.74) is 17.1. The predicted molar refractivity (Wildman–Crippen MR) is 235 cm³/mol. The summed E-state index contributed by atoms with van der Waals surface area (Å²) in [5, 5.41) is 0.505. The van der Waals surface area contributed by atoms with Crippen LogP contribution in [0.5, 0.6) is 0 Å². The molecule has 2 nitrogen and oxygen atoms in total. The molecule has 3 aromatic carbocycles. The zero-order chi connectivity index (χ0) is 37.5. The van der Waals surface area contributed by atoms with E-state index in [1.54, 1.807) is 5.57 Å². The third kappa shape index (κ3) is 8.55. The molecule has 0 bridgehead atoms. The molecule has 0 spiro atoms. The standard InChI is InChI=1S/C48H60N2S2/c1-31-24-32(2)26-37(25-31)46-33(16-18-35-27-44(47(3,4)5)51-42-29-38(49(9)10)20-22-40(35)42)14-13-15-34(46)17-19-36-28-45(48(6,7)8)52-43-30-39(50(11)12)21-23-41(36)43/h16,18,20-30,45H,13-15,17,19H2,1-12H3/p+1/b33-16+,35-18+. The summed E-state index contributed by atoms with van der Waals surface area (Å²) in [6.07, 6.45) is 15.6. The summed E-state index contributed by atoms with van der Waals surface area (Å²) in [7, 11) is 8.56. The first-order chi connectivity index (χ1) is 24.5. The van der Waals surface area contributed by atoms with Gasteiger partial charge < -0.3 is 9.80 Å². The van der Waals surface area contributed by atoms with Crippen molar-refractivity contribution in [1.29, 1.82) is 0 Å². The van der Waals surface area contributed by atoms with Gasteiger partial charge in [-0.15, -0.1) is 0 Å². The smallest absolute Gasteiger partial charge is 0.162 e. The molecule has 6 rings (SSSR count). The molecule has 0 aromatic heterocycles. The predicted octanol–water partition coefficient (Wildman–Crippen LogP) is 12.9. The second kappa shape index (κ2) is 15.2. The molecule has 52 heavy (non-hydrogen) atoms. The van der Waals surface area contributed by atoms with E-state index in [0.29, 0.717) is 5.25 Å². The van der Waals surface area contributed by atoms with Crippen molar-refractivity contribution in [1.82, 2.24) is 0 Å². The summed E-state index contributed by atoms with van der Waals surface area (Å²) in [6.45, 7) is 18.7. The fourth-order valence-electron chi connectivity index (χ4n) is 7.66. The lowest BCUT2D eigenvalue weighted by Gasteiger charge is -2.29. The van der Waals surface area contributed by atoms with Crippen molar-refractivity contribution < 1.29 is 0 Å². The van der Waals surface area contributed by atoms with Crippen LogP contribution >= 0.6 is 11.8 Å². The largest absolute Gasteiger partial charge is 0.378 e. The number of hydrogen-bond acceptors (Lipinski definition) is 3. The molecule has 4 heteroatoms. The van der Waals surface area contributed by atoms with E-state index >= 15 is 0 Å². The monoisotopic (exact) mass is 729 g/mol. The summed E-state index contributed by atoms with van der Waals surface area (Å²) >= 11 is 3.36. The van der Waals surface area contributed by atoms with Gasteiger partial charge >= 0.3 is 0 Å². The van der Waals surface area contributed by atoms with E-state index in [0.717, 1.165) is 25.7 Å². The molecule has 0 radical (unpaired) electrons. The van der Waals surface area contributed by atoms with E-state index in [4.69, 9.17) is 0 Å². The number of hydrogen-bond donors (Lipinski definition) is 0. The average molecular weight is 730 g/mol. The van der Waals surface area contributed by atoms with E-state index in [2.05, 4.69) is 172 Å². The van der Waals surface area contributed by atoms with Crippen LogP contribution in [-0.2, 0) is 11.8 Å². The van der Waals surface area contributed by atoms with Crippen LogP contribution in [0.4, 0.5) is 11.4 Å². The molecule has 0 fully saturated rings. The topological polar surface area (TPSA) is 6.48 Å². The summed E-state index contributed by atoms with van der Waals surface area (Å²) in [5.74, 6) is 0. The van der Waals surface area contributed by atoms with Crippen LogP contribution in [0.1, 0.15) is 101 Å².